The molecule has 2 aliphatic heterocycles. The van der Waals surface area contributed by atoms with Crippen molar-refractivity contribution < 1.29 is 5.03 Å². The number of hydrazine groups is 1. The Bertz CT molecular complexity index is 173. The van der Waals surface area contributed by atoms with E-state index >= 15 is 0 Å². The van der Waals surface area contributed by atoms with Crippen LogP contribution < -0.4 is 0 Å². The van der Waals surface area contributed by atoms with Crippen LogP contribution in [0, 0.1) is 10.1 Å². The molecule has 62 valence electrons. The molecule has 2 rings (SSSR count). The third kappa shape index (κ3) is 1.14. The molecule has 0 N–H and O–H groups in total. The highest BCUT2D eigenvalue weighted by Gasteiger charge is 2.33. The molecule has 0 aromatic heterocycles. The van der Waals surface area contributed by atoms with E-state index in [4.69, 9.17) is 0 Å². The first-order valence-corrected chi connectivity index (χ1v) is 3.59. The molecule has 0 spiro atoms. The largest absolute Gasteiger partial charge is 0.267 e. The van der Waals surface area contributed by atoms with Crippen LogP contribution in [0.4, 0.5) is 0 Å². The summed E-state index contributed by atoms with van der Waals surface area (Å²) >= 11 is 0. The molecule has 2 heterocycles. The van der Waals surface area contributed by atoms with E-state index in [1.807, 2.05) is 0 Å². The zero-order chi connectivity index (χ0) is 7.84. The molecule has 6 heteroatoms. The second-order valence-corrected chi connectivity index (χ2v) is 2.96. The van der Waals surface area contributed by atoms with Gasteiger partial charge in [0.2, 0.25) is 0 Å². The summed E-state index contributed by atoms with van der Waals surface area (Å²) in [5.74, 6) is 0. The molecule has 6 nitrogen and oxygen atoms in total. The topological polar surface area (TPSA) is 52.9 Å². The number of rotatable bonds is 1. The number of fused-ring (bicyclic) bond motifs is 2. The van der Waals surface area contributed by atoms with E-state index in [1.54, 1.807) is 0 Å². The molecule has 0 aliphatic carbocycles. The molecule has 0 radical (unpaired) electrons. The first-order valence-electron chi connectivity index (χ1n) is 3.59. The van der Waals surface area contributed by atoms with E-state index in [2.05, 4.69) is 9.80 Å². The third-order valence-corrected chi connectivity index (χ3v) is 2.09. The summed E-state index contributed by atoms with van der Waals surface area (Å²) < 4.78 is 0. The number of hydrogen-bond acceptors (Lipinski definition) is 4. The minimum absolute atomic E-state index is 0.329. The maximum absolute atomic E-state index is 10.4. The average molecular weight is 158 g/mol. The van der Waals surface area contributed by atoms with Crippen molar-refractivity contribution in [1.29, 1.82) is 0 Å². The highest BCUT2D eigenvalue weighted by Crippen LogP contribution is 2.12. The summed E-state index contributed by atoms with van der Waals surface area (Å²) in [7, 11) is 0. The quantitative estimate of drug-likeness (QED) is 0.361. The van der Waals surface area contributed by atoms with E-state index < -0.39 is 0 Å². The lowest BCUT2D eigenvalue weighted by Crippen LogP contribution is -2.50. The summed E-state index contributed by atoms with van der Waals surface area (Å²) in [6, 6.07) is 0. The molecule has 0 amide bonds. The molecule has 2 unspecified atom stereocenters. The third-order valence-electron chi connectivity index (χ3n) is 2.09. The molecule has 11 heavy (non-hydrogen) atoms. The molecule has 2 saturated heterocycles. The Morgan fingerprint density at radius 3 is 2.09 bits per heavy atom. The summed E-state index contributed by atoms with van der Waals surface area (Å²) in [6.07, 6.45) is 0. The fraction of sp³-hybridized carbons (Fsp3) is 1.00. The van der Waals surface area contributed by atoms with Crippen LogP contribution in [0.2, 0.25) is 0 Å². The number of nitrogens with zero attached hydrogens (tertiary/aromatic N) is 4. The molecule has 2 aliphatic rings. The van der Waals surface area contributed by atoms with Crippen molar-refractivity contribution in [3.05, 3.63) is 10.1 Å². The predicted molar refractivity (Wildman–Crippen MR) is 36.8 cm³/mol. The first-order chi connectivity index (χ1) is 5.25. The minimum atomic E-state index is -0.329. The van der Waals surface area contributed by atoms with Gasteiger partial charge in [-0.1, -0.05) is 5.01 Å². The summed E-state index contributed by atoms with van der Waals surface area (Å²) in [5, 5.41) is 11.3. The van der Waals surface area contributed by atoms with Gasteiger partial charge in [0, 0.05) is 13.1 Å². The highest BCUT2D eigenvalue weighted by atomic mass is 16.7. The van der Waals surface area contributed by atoms with E-state index in [1.165, 1.54) is 5.01 Å². The average Bonchev–Trinajstić information content (AvgIpc) is 2.30. The van der Waals surface area contributed by atoms with Gasteiger partial charge in [0.05, 0.1) is 6.67 Å². The van der Waals surface area contributed by atoms with Crippen LogP contribution in [0.25, 0.3) is 0 Å². The lowest BCUT2D eigenvalue weighted by Gasteiger charge is -2.28. The zero-order valence-corrected chi connectivity index (χ0v) is 6.14. The zero-order valence-electron chi connectivity index (χ0n) is 6.14. The minimum Gasteiger partial charge on any atom is -0.267 e. The lowest BCUT2D eigenvalue weighted by atomic mass is 10.6. The Balaban J connectivity index is 2.02. The smallest absolute Gasteiger partial charge is 0.162 e. The second kappa shape index (κ2) is 2.31. The Morgan fingerprint density at radius 2 is 1.64 bits per heavy atom. The van der Waals surface area contributed by atoms with Crippen molar-refractivity contribution in [2.75, 3.05) is 33.1 Å². The summed E-state index contributed by atoms with van der Waals surface area (Å²) in [4.78, 5) is 14.5. The molecular formula is C5H10N4O2. The van der Waals surface area contributed by atoms with Gasteiger partial charge in [0.1, 0.15) is 13.3 Å². The second-order valence-electron chi connectivity index (χ2n) is 2.96. The predicted octanol–water partition coefficient (Wildman–Crippen LogP) is -1.02. The van der Waals surface area contributed by atoms with Gasteiger partial charge in [-0.05, 0) is 0 Å². The molecular weight excluding hydrogens is 148 g/mol. The van der Waals surface area contributed by atoms with Crippen LogP contribution in [0.1, 0.15) is 0 Å². The van der Waals surface area contributed by atoms with Crippen LogP contribution in [0.5, 0.6) is 0 Å². The number of hydrogen-bond donors (Lipinski definition) is 0. The molecule has 2 atom stereocenters. The molecule has 0 aromatic carbocycles. The summed E-state index contributed by atoms with van der Waals surface area (Å²) in [5.41, 5.74) is 0. The van der Waals surface area contributed by atoms with Crippen LogP contribution in [0.3, 0.4) is 0 Å². The Hall–Kier alpha value is -0.880. The lowest BCUT2D eigenvalue weighted by molar-refractivity contribution is -0.666. The Labute approximate surface area is 64.1 Å². The Morgan fingerprint density at radius 1 is 1.09 bits per heavy atom. The van der Waals surface area contributed by atoms with Gasteiger partial charge in [-0.3, -0.25) is 9.80 Å². The fourth-order valence-corrected chi connectivity index (χ4v) is 1.55. The van der Waals surface area contributed by atoms with Gasteiger partial charge in [-0.25, -0.2) is 10.1 Å². The van der Waals surface area contributed by atoms with Gasteiger partial charge in [-0.2, -0.15) is 0 Å². The van der Waals surface area contributed by atoms with Gasteiger partial charge in [0.15, 0.2) is 5.03 Å². The molecule has 2 fully saturated rings. The van der Waals surface area contributed by atoms with Crippen molar-refractivity contribution in [2.24, 2.45) is 0 Å². The van der Waals surface area contributed by atoms with Crippen molar-refractivity contribution in [3.63, 3.8) is 0 Å². The van der Waals surface area contributed by atoms with Crippen molar-refractivity contribution >= 4 is 0 Å². The monoisotopic (exact) mass is 158 g/mol. The van der Waals surface area contributed by atoms with Crippen molar-refractivity contribution in [2.45, 2.75) is 0 Å². The summed E-state index contributed by atoms with van der Waals surface area (Å²) in [6.45, 7) is 3.77. The van der Waals surface area contributed by atoms with E-state index in [0.717, 1.165) is 19.8 Å². The van der Waals surface area contributed by atoms with Gasteiger partial charge in [-0.15, -0.1) is 0 Å². The van der Waals surface area contributed by atoms with Crippen LogP contribution in [-0.4, -0.2) is 52.9 Å². The van der Waals surface area contributed by atoms with Gasteiger partial charge >= 0.3 is 0 Å². The van der Waals surface area contributed by atoms with Crippen LogP contribution in [-0.2, 0) is 0 Å². The molecule has 2 bridgehead atoms. The molecule has 0 aromatic rings. The van der Waals surface area contributed by atoms with Crippen LogP contribution >= 0.6 is 0 Å². The van der Waals surface area contributed by atoms with E-state index in [-0.39, 0.29) is 5.03 Å². The van der Waals surface area contributed by atoms with Crippen molar-refractivity contribution in [1.82, 2.24) is 14.8 Å². The Kier molecular flexibility index (Phi) is 1.43. The maximum Gasteiger partial charge on any atom is 0.162 e. The van der Waals surface area contributed by atoms with E-state index in [0.29, 0.717) is 13.3 Å². The van der Waals surface area contributed by atoms with Gasteiger partial charge in [0.25, 0.3) is 0 Å². The maximum atomic E-state index is 10.4. The van der Waals surface area contributed by atoms with Gasteiger partial charge < -0.3 is 0 Å². The highest BCUT2D eigenvalue weighted by molar-refractivity contribution is 4.73. The SMILES string of the molecule is O=[N+]([O-])N1CN2CCN(C2)C1. The molecule has 0 saturated carbocycles. The normalized spacial score (nSPS) is 35.8. The standard InChI is InChI=1S/C5H10N4O2/c10-9(11)8-4-6-1-2-7(3-6)5-8/h1-5H2. The van der Waals surface area contributed by atoms with Crippen LogP contribution in [0.15, 0.2) is 0 Å². The van der Waals surface area contributed by atoms with E-state index in [9.17, 15) is 10.1 Å². The van der Waals surface area contributed by atoms with Crippen molar-refractivity contribution in [3.8, 4) is 0 Å². The number of nitro groups is 1. The fourth-order valence-electron chi connectivity index (χ4n) is 1.55. The first kappa shape index (κ1) is 6.81.